The van der Waals surface area contributed by atoms with Gasteiger partial charge in [-0.3, -0.25) is 4.79 Å². The van der Waals surface area contributed by atoms with E-state index in [9.17, 15) is 4.79 Å². The number of aryl methyl sites for hydroxylation is 1. The zero-order valence-corrected chi connectivity index (χ0v) is 11.5. The minimum absolute atomic E-state index is 0.274. The van der Waals surface area contributed by atoms with Gasteiger partial charge in [0.15, 0.2) is 11.0 Å². The molecule has 0 radical (unpaired) electrons. The Labute approximate surface area is 122 Å². The molecule has 0 spiro atoms. The predicted molar refractivity (Wildman–Crippen MR) is 78.4 cm³/mol. The van der Waals surface area contributed by atoms with Crippen molar-refractivity contribution in [2.24, 2.45) is 5.73 Å². The molecule has 0 aliphatic carbocycles. The van der Waals surface area contributed by atoms with Crippen LogP contribution < -0.4 is 11.1 Å². The summed E-state index contributed by atoms with van der Waals surface area (Å²) >= 11 is 5.62. The maximum atomic E-state index is 11.9. The molecule has 0 aliphatic heterocycles. The lowest BCUT2D eigenvalue weighted by Crippen LogP contribution is -2.36. The quantitative estimate of drug-likeness (QED) is 0.883. The molecule has 0 saturated heterocycles. The number of nitrogens with zero attached hydrogens (tertiary/aromatic N) is 2. The molecule has 0 bridgehead atoms. The molecule has 2 aromatic rings. The van der Waals surface area contributed by atoms with Gasteiger partial charge < -0.3 is 11.1 Å². The van der Waals surface area contributed by atoms with E-state index in [-0.39, 0.29) is 11.1 Å². The molecule has 1 aromatic carbocycles. The van der Waals surface area contributed by atoms with E-state index in [0.29, 0.717) is 12.2 Å². The number of halogens is 1. The average Bonchev–Trinajstić information content (AvgIpc) is 2.48. The molecule has 20 heavy (non-hydrogen) atoms. The van der Waals surface area contributed by atoms with Crippen molar-refractivity contribution < 1.29 is 4.79 Å². The molecule has 2 rings (SSSR count). The van der Waals surface area contributed by atoms with Gasteiger partial charge in [0.1, 0.15) is 0 Å². The Morgan fingerprint density at radius 3 is 2.60 bits per heavy atom. The highest BCUT2D eigenvalue weighted by Gasteiger charge is 2.14. The molecule has 0 saturated carbocycles. The third-order valence-electron chi connectivity index (χ3n) is 2.81. The van der Waals surface area contributed by atoms with Crippen molar-refractivity contribution >= 4 is 23.3 Å². The van der Waals surface area contributed by atoms with E-state index < -0.39 is 6.04 Å². The van der Waals surface area contributed by atoms with E-state index in [1.165, 1.54) is 0 Å². The third kappa shape index (κ3) is 4.29. The van der Waals surface area contributed by atoms with Crippen molar-refractivity contribution in [1.82, 2.24) is 10.2 Å². The molecule has 1 amide bonds. The fraction of sp³-hybridized carbons (Fsp3) is 0.214. The summed E-state index contributed by atoms with van der Waals surface area (Å²) in [5.41, 5.74) is 7.01. The Balaban J connectivity index is 1.84. The highest BCUT2D eigenvalue weighted by Crippen LogP contribution is 2.08. The molecule has 6 heteroatoms. The average molecular weight is 291 g/mol. The number of hydrogen-bond donors (Lipinski definition) is 2. The lowest BCUT2D eigenvalue weighted by molar-refractivity contribution is -0.117. The Morgan fingerprint density at radius 1 is 1.20 bits per heavy atom. The number of anilines is 1. The van der Waals surface area contributed by atoms with Gasteiger partial charge in [-0.2, -0.15) is 0 Å². The maximum Gasteiger partial charge on any atom is 0.242 e. The summed E-state index contributed by atoms with van der Waals surface area (Å²) < 4.78 is 0. The van der Waals surface area contributed by atoms with Crippen molar-refractivity contribution in [3.05, 3.63) is 53.2 Å². The lowest BCUT2D eigenvalue weighted by atomic mass is 10.1. The normalized spacial score (nSPS) is 11.9. The Morgan fingerprint density at radius 2 is 1.95 bits per heavy atom. The van der Waals surface area contributed by atoms with Gasteiger partial charge in [0.25, 0.3) is 0 Å². The minimum atomic E-state index is -0.590. The fourth-order valence-electron chi connectivity index (χ4n) is 1.70. The van der Waals surface area contributed by atoms with Gasteiger partial charge >= 0.3 is 0 Å². The number of rotatable bonds is 5. The molecular weight excluding hydrogens is 276 g/mol. The zero-order valence-electron chi connectivity index (χ0n) is 10.8. The second-order valence-corrected chi connectivity index (χ2v) is 4.75. The van der Waals surface area contributed by atoms with Gasteiger partial charge in [0.2, 0.25) is 5.91 Å². The van der Waals surface area contributed by atoms with E-state index in [4.69, 9.17) is 17.3 Å². The first-order valence-corrected chi connectivity index (χ1v) is 6.62. The number of aromatic nitrogens is 2. The summed E-state index contributed by atoms with van der Waals surface area (Å²) in [6.07, 6.45) is 1.32. The molecule has 3 N–H and O–H groups in total. The van der Waals surface area contributed by atoms with Crippen LogP contribution in [0.25, 0.3) is 0 Å². The number of benzene rings is 1. The van der Waals surface area contributed by atoms with Crippen molar-refractivity contribution in [1.29, 1.82) is 0 Å². The summed E-state index contributed by atoms with van der Waals surface area (Å²) in [5, 5.41) is 10.3. The highest BCUT2D eigenvalue weighted by atomic mass is 35.5. The second-order valence-electron chi connectivity index (χ2n) is 4.36. The van der Waals surface area contributed by atoms with E-state index in [1.54, 1.807) is 12.1 Å². The van der Waals surface area contributed by atoms with E-state index in [0.717, 1.165) is 12.0 Å². The van der Waals surface area contributed by atoms with Crippen LogP contribution in [0.4, 0.5) is 5.82 Å². The van der Waals surface area contributed by atoms with Crippen LogP contribution in [0.1, 0.15) is 12.0 Å². The molecule has 0 aliphatic rings. The molecule has 0 fully saturated rings. The molecule has 1 aromatic heterocycles. The summed E-state index contributed by atoms with van der Waals surface area (Å²) in [6.45, 7) is 0. The topological polar surface area (TPSA) is 80.9 Å². The predicted octanol–water partition coefficient (Wildman–Crippen LogP) is 2.03. The Hall–Kier alpha value is -1.98. The maximum absolute atomic E-state index is 11.9. The van der Waals surface area contributed by atoms with Gasteiger partial charge in [0.05, 0.1) is 6.04 Å². The van der Waals surface area contributed by atoms with Crippen LogP contribution in [-0.2, 0) is 11.2 Å². The summed E-state index contributed by atoms with van der Waals surface area (Å²) in [4.78, 5) is 11.9. The largest absolute Gasteiger partial charge is 0.320 e. The summed E-state index contributed by atoms with van der Waals surface area (Å²) in [5.74, 6) is 0.0621. The van der Waals surface area contributed by atoms with Gasteiger partial charge in [-0.05, 0) is 30.5 Å². The molecule has 5 nitrogen and oxygen atoms in total. The number of carbonyl (C=O) groups excluding carboxylic acids is 1. The number of carbonyl (C=O) groups is 1. The number of nitrogens with two attached hydrogens (primary N) is 1. The van der Waals surface area contributed by atoms with Crippen LogP contribution in [0, 0.1) is 0 Å². The number of hydrogen-bond acceptors (Lipinski definition) is 4. The molecular formula is C14H15ClN4O. The van der Waals surface area contributed by atoms with E-state index in [1.807, 2.05) is 30.3 Å². The van der Waals surface area contributed by atoms with Crippen LogP contribution in [0.2, 0.25) is 5.15 Å². The second kappa shape index (κ2) is 6.98. The first kappa shape index (κ1) is 14.4. The first-order valence-electron chi connectivity index (χ1n) is 6.25. The number of amides is 1. The minimum Gasteiger partial charge on any atom is -0.320 e. The Bertz CT molecular complexity index is 559. The molecule has 1 atom stereocenters. The highest BCUT2D eigenvalue weighted by molar-refractivity contribution is 6.29. The third-order valence-corrected chi connectivity index (χ3v) is 3.01. The molecule has 1 unspecified atom stereocenters. The van der Waals surface area contributed by atoms with E-state index in [2.05, 4.69) is 15.5 Å². The van der Waals surface area contributed by atoms with Crippen LogP contribution in [0.3, 0.4) is 0 Å². The van der Waals surface area contributed by atoms with Crippen LogP contribution in [0.15, 0.2) is 42.5 Å². The van der Waals surface area contributed by atoms with E-state index >= 15 is 0 Å². The van der Waals surface area contributed by atoms with Gasteiger partial charge in [0, 0.05) is 0 Å². The summed E-state index contributed by atoms with van der Waals surface area (Å²) in [6, 6.07) is 12.4. The van der Waals surface area contributed by atoms with Gasteiger partial charge in [-0.25, -0.2) is 0 Å². The van der Waals surface area contributed by atoms with Gasteiger partial charge in [-0.1, -0.05) is 41.9 Å². The first-order chi connectivity index (χ1) is 9.65. The van der Waals surface area contributed by atoms with Crippen molar-refractivity contribution in [2.45, 2.75) is 18.9 Å². The Kier molecular flexibility index (Phi) is 5.03. The van der Waals surface area contributed by atoms with Crippen LogP contribution in [-0.4, -0.2) is 22.1 Å². The number of nitrogens with one attached hydrogen (secondary N) is 1. The van der Waals surface area contributed by atoms with Crippen molar-refractivity contribution in [2.75, 3.05) is 5.32 Å². The SMILES string of the molecule is NC(CCc1ccccc1)C(=O)Nc1ccc(Cl)nn1. The fourth-order valence-corrected chi connectivity index (χ4v) is 1.80. The van der Waals surface area contributed by atoms with Crippen LogP contribution >= 0.6 is 11.6 Å². The monoisotopic (exact) mass is 290 g/mol. The zero-order chi connectivity index (χ0) is 14.4. The lowest BCUT2D eigenvalue weighted by Gasteiger charge is -2.11. The van der Waals surface area contributed by atoms with Crippen molar-refractivity contribution in [3.63, 3.8) is 0 Å². The smallest absolute Gasteiger partial charge is 0.242 e. The standard InChI is InChI=1S/C14H15ClN4O/c15-12-8-9-13(19-18-12)17-14(20)11(16)7-6-10-4-2-1-3-5-10/h1-5,8-9,11H,6-7,16H2,(H,17,19,20). The van der Waals surface area contributed by atoms with Crippen molar-refractivity contribution in [3.8, 4) is 0 Å². The summed E-state index contributed by atoms with van der Waals surface area (Å²) in [7, 11) is 0. The van der Waals surface area contributed by atoms with Gasteiger partial charge in [-0.15, -0.1) is 10.2 Å². The molecule has 104 valence electrons. The molecule has 1 heterocycles. The van der Waals surface area contributed by atoms with Crippen LogP contribution in [0.5, 0.6) is 0 Å².